The molecule has 1 saturated heterocycles. The summed E-state index contributed by atoms with van der Waals surface area (Å²) < 4.78 is 6.23. The first-order chi connectivity index (χ1) is 8.15. The molecule has 4 nitrogen and oxygen atoms in total. The Labute approximate surface area is 109 Å². The number of amides is 1. The fourth-order valence-electron chi connectivity index (χ4n) is 2.05. The lowest BCUT2D eigenvalue weighted by Gasteiger charge is -2.19. The summed E-state index contributed by atoms with van der Waals surface area (Å²) in [6.07, 6.45) is 0.524. The zero-order chi connectivity index (χ0) is 12.4. The number of carbonyl (C=O) groups excluding carboxylic acids is 1. The molecule has 1 fully saturated rings. The molecule has 1 unspecified atom stereocenters. The van der Waals surface area contributed by atoms with E-state index >= 15 is 0 Å². The van der Waals surface area contributed by atoms with Gasteiger partial charge in [0, 0.05) is 17.4 Å². The fourth-order valence-corrected chi connectivity index (χ4v) is 2.39. The molecule has 5 heteroatoms. The Morgan fingerprint density at radius 3 is 2.94 bits per heavy atom. The normalized spacial score (nSPS) is 19.8. The molecule has 0 saturated carbocycles. The van der Waals surface area contributed by atoms with E-state index in [0.717, 1.165) is 10.2 Å². The third-order valence-electron chi connectivity index (χ3n) is 2.97. The molecule has 0 bridgehead atoms. The van der Waals surface area contributed by atoms with Gasteiger partial charge in [-0.25, -0.2) is 0 Å². The molecule has 0 aliphatic carbocycles. The van der Waals surface area contributed by atoms with Crippen molar-refractivity contribution < 1.29 is 9.53 Å². The van der Waals surface area contributed by atoms with Crippen LogP contribution in [0, 0.1) is 5.92 Å². The number of ether oxygens (including phenoxy) is 1. The van der Waals surface area contributed by atoms with Crippen LogP contribution in [0.25, 0.3) is 0 Å². The molecule has 92 valence electrons. The molecule has 0 radical (unpaired) electrons. The number of halogens is 1. The average Bonchev–Trinajstić information content (AvgIpc) is 2.70. The maximum absolute atomic E-state index is 11.9. The highest BCUT2D eigenvalue weighted by molar-refractivity contribution is 9.10. The van der Waals surface area contributed by atoms with Crippen LogP contribution in [0.3, 0.4) is 0 Å². The third kappa shape index (κ3) is 2.45. The number of methoxy groups -OCH3 is 1. The largest absolute Gasteiger partial charge is 0.495 e. The summed E-state index contributed by atoms with van der Waals surface area (Å²) in [6, 6.07) is 5.65. The molecular formula is C12H15BrN2O2. The van der Waals surface area contributed by atoms with E-state index in [1.165, 1.54) is 0 Å². The quantitative estimate of drug-likeness (QED) is 0.925. The van der Waals surface area contributed by atoms with Crippen molar-refractivity contribution >= 4 is 27.5 Å². The van der Waals surface area contributed by atoms with Gasteiger partial charge < -0.3 is 15.4 Å². The Balaban J connectivity index is 2.31. The lowest BCUT2D eigenvalue weighted by atomic mass is 10.1. The van der Waals surface area contributed by atoms with Crippen molar-refractivity contribution in [1.29, 1.82) is 0 Å². The first-order valence-electron chi connectivity index (χ1n) is 5.49. The molecule has 1 atom stereocenters. The van der Waals surface area contributed by atoms with E-state index < -0.39 is 0 Å². The molecule has 1 aromatic rings. The molecule has 1 heterocycles. The van der Waals surface area contributed by atoms with Crippen molar-refractivity contribution in [3.05, 3.63) is 22.7 Å². The molecular weight excluding hydrogens is 284 g/mol. The van der Waals surface area contributed by atoms with E-state index in [2.05, 4.69) is 15.9 Å². The van der Waals surface area contributed by atoms with Crippen LogP contribution < -0.4 is 15.4 Å². The van der Waals surface area contributed by atoms with Gasteiger partial charge in [0.05, 0.1) is 12.8 Å². The van der Waals surface area contributed by atoms with Crippen molar-refractivity contribution in [2.75, 3.05) is 25.1 Å². The van der Waals surface area contributed by atoms with Crippen LogP contribution in [0.4, 0.5) is 5.69 Å². The summed E-state index contributed by atoms with van der Waals surface area (Å²) >= 11 is 3.38. The van der Waals surface area contributed by atoms with Crippen molar-refractivity contribution in [3.63, 3.8) is 0 Å². The first-order valence-corrected chi connectivity index (χ1v) is 6.29. The van der Waals surface area contributed by atoms with Gasteiger partial charge in [-0.05, 0) is 30.7 Å². The number of carbonyl (C=O) groups is 1. The number of rotatable bonds is 3. The molecule has 2 rings (SSSR count). The molecule has 1 aromatic carbocycles. The van der Waals surface area contributed by atoms with Crippen LogP contribution in [0.5, 0.6) is 5.75 Å². The van der Waals surface area contributed by atoms with Gasteiger partial charge in [-0.2, -0.15) is 0 Å². The van der Waals surface area contributed by atoms with Crippen LogP contribution >= 0.6 is 15.9 Å². The van der Waals surface area contributed by atoms with Gasteiger partial charge in [0.1, 0.15) is 5.75 Å². The Morgan fingerprint density at radius 1 is 1.59 bits per heavy atom. The second kappa shape index (κ2) is 5.06. The van der Waals surface area contributed by atoms with Gasteiger partial charge in [-0.1, -0.05) is 15.9 Å². The number of nitrogens with two attached hydrogens (primary N) is 1. The van der Waals surface area contributed by atoms with Gasteiger partial charge in [-0.15, -0.1) is 0 Å². The molecule has 1 amide bonds. The predicted octanol–water partition coefficient (Wildman–Crippen LogP) is 1.77. The minimum atomic E-state index is 0.112. The van der Waals surface area contributed by atoms with Crippen molar-refractivity contribution in [2.45, 2.75) is 6.42 Å². The standard InChI is InChI=1S/C12H15BrN2O2/c1-17-11-5-9(13)2-3-10(11)15-7-8(6-14)4-12(15)16/h2-3,5,8H,4,6-7,14H2,1H3. The van der Waals surface area contributed by atoms with Crippen LogP contribution in [-0.4, -0.2) is 26.1 Å². The first kappa shape index (κ1) is 12.4. The van der Waals surface area contributed by atoms with E-state index in [-0.39, 0.29) is 11.8 Å². The van der Waals surface area contributed by atoms with E-state index in [1.54, 1.807) is 12.0 Å². The van der Waals surface area contributed by atoms with Gasteiger partial charge >= 0.3 is 0 Å². The molecule has 0 spiro atoms. The highest BCUT2D eigenvalue weighted by Crippen LogP contribution is 2.34. The summed E-state index contributed by atoms with van der Waals surface area (Å²) in [6.45, 7) is 1.22. The van der Waals surface area contributed by atoms with Crippen molar-refractivity contribution in [1.82, 2.24) is 0 Å². The molecule has 0 aromatic heterocycles. The maximum atomic E-state index is 11.9. The zero-order valence-electron chi connectivity index (χ0n) is 9.65. The summed E-state index contributed by atoms with van der Waals surface area (Å²) in [5.41, 5.74) is 6.43. The predicted molar refractivity (Wildman–Crippen MR) is 70.2 cm³/mol. The second-order valence-corrected chi connectivity index (χ2v) is 5.04. The van der Waals surface area contributed by atoms with E-state index in [0.29, 0.717) is 25.3 Å². The van der Waals surface area contributed by atoms with E-state index in [1.807, 2.05) is 18.2 Å². The van der Waals surface area contributed by atoms with Crippen LogP contribution in [-0.2, 0) is 4.79 Å². The molecule has 2 N–H and O–H groups in total. The zero-order valence-corrected chi connectivity index (χ0v) is 11.2. The van der Waals surface area contributed by atoms with Gasteiger partial charge in [0.15, 0.2) is 0 Å². The summed E-state index contributed by atoms with van der Waals surface area (Å²) in [4.78, 5) is 13.7. The lowest BCUT2D eigenvalue weighted by Crippen LogP contribution is -2.26. The second-order valence-electron chi connectivity index (χ2n) is 4.13. The van der Waals surface area contributed by atoms with Crippen LogP contribution in [0.2, 0.25) is 0 Å². The third-order valence-corrected chi connectivity index (χ3v) is 3.46. The Bertz CT molecular complexity index is 437. The van der Waals surface area contributed by atoms with Crippen molar-refractivity contribution in [2.24, 2.45) is 11.7 Å². The SMILES string of the molecule is COc1cc(Br)ccc1N1CC(CN)CC1=O. The maximum Gasteiger partial charge on any atom is 0.227 e. The highest BCUT2D eigenvalue weighted by Gasteiger charge is 2.31. The van der Waals surface area contributed by atoms with Crippen molar-refractivity contribution in [3.8, 4) is 5.75 Å². The average molecular weight is 299 g/mol. The topological polar surface area (TPSA) is 55.6 Å². The van der Waals surface area contributed by atoms with Gasteiger partial charge in [-0.3, -0.25) is 4.79 Å². The van der Waals surface area contributed by atoms with Gasteiger partial charge in [0.2, 0.25) is 5.91 Å². The number of benzene rings is 1. The lowest BCUT2D eigenvalue weighted by molar-refractivity contribution is -0.117. The Morgan fingerprint density at radius 2 is 2.35 bits per heavy atom. The summed E-state index contributed by atoms with van der Waals surface area (Å²) in [5, 5.41) is 0. The Kier molecular flexibility index (Phi) is 3.69. The monoisotopic (exact) mass is 298 g/mol. The molecule has 1 aliphatic rings. The summed E-state index contributed by atoms with van der Waals surface area (Å²) in [7, 11) is 1.60. The van der Waals surface area contributed by atoms with Crippen LogP contribution in [0.15, 0.2) is 22.7 Å². The number of hydrogen-bond acceptors (Lipinski definition) is 3. The number of nitrogens with zero attached hydrogens (tertiary/aromatic N) is 1. The molecule has 1 aliphatic heterocycles. The van der Waals surface area contributed by atoms with Gasteiger partial charge in [0.25, 0.3) is 0 Å². The Hall–Kier alpha value is -1.07. The van der Waals surface area contributed by atoms with E-state index in [9.17, 15) is 4.79 Å². The molecule has 17 heavy (non-hydrogen) atoms. The fraction of sp³-hybridized carbons (Fsp3) is 0.417. The van der Waals surface area contributed by atoms with Crippen LogP contribution in [0.1, 0.15) is 6.42 Å². The number of hydrogen-bond donors (Lipinski definition) is 1. The summed E-state index contributed by atoms with van der Waals surface area (Å²) in [5.74, 6) is 1.06. The minimum absolute atomic E-state index is 0.112. The highest BCUT2D eigenvalue weighted by atomic mass is 79.9. The smallest absolute Gasteiger partial charge is 0.227 e. The van der Waals surface area contributed by atoms with E-state index in [4.69, 9.17) is 10.5 Å². The number of anilines is 1. The minimum Gasteiger partial charge on any atom is -0.495 e.